The molecule has 0 saturated heterocycles. The van der Waals surface area contributed by atoms with Gasteiger partial charge in [-0.25, -0.2) is 4.39 Å². The number of fused-ring (bicyclic) bond motifs is 1. The lowest BCUT2D eigenvalue weighted by Crippen LogP contribution is -2.45. The highest BCUT2D eigenvalue weighted by molar-refractivity contribution is 5.83. The Morgan fingerprint density at radius 1 is 1.19 bits per heavy atom. The number of hydrogen-bond donors (Lipinski definition) is 2. The topological polar surface area (TPSA) is 50.4 Å². The first-order valence-electron chi connectivity index (χ1n) is 9.55. The summed E-state index contributed by atoms with van der Waals surface area (Å²) < 4.78 is 19.0. The molecule has 2 aromatic rings. The largest absolute Gasteiger partial charge is 0.375 e. The zero-order valence-electron chi connectivity index (χ0n) is 15.5. The van der Waals surface area contributed by atoms with Crippen molar-refractivity contribution in [3.05, 3.63) is 71.0 Å². The second-order valence-corrected chi connectivity index (χ2v) is 7.51. The Labute approximate surface area is 159 Å². The molecule has 3 atom stereocenters. The fraction of sp³-hybridized carbons (Fsp3) is 0.409. The SMILES string of the molecule is CO[C@H]1c2ccccc2C[C@@H]1NC(=O)[C@@H](NCC1CC1)c1ccc(F)cc1. The molecule has 0 heterocycles. The van der Waals surface area contributed by atoms with E-state index in [1.165, 1.54) is 30.5 Å². The highest BCUT2D eigenvalue weighted by Crippen LogP contribution is 2.34. The summed E-state index contributed by atoms with van der Waals surface area (Å²) in [5.74, 6) is 0.246. The molecule has 1 amide bonds. The molecule has 1 saturated carbocycles. The summed E-state index contributed by atoms with van der Waals surface area (Å²) >= 11 is 0. The molecule has 2 aliphatic carbocycles. The number of carbonyl (C=O) groups excluding carboxylic acids is 1. The van der Waals surface area contributed by atoms with Crippen molar-refractivity contribution >= 4 is 5.91 Å². The maximum absolute atomic E-state index is 13.3. The van der Waals surface area contributed by atoms with Crippen LogP contribution >= 0.6 is 0 Å². The summed E-state index contributed by atoms with van der Waals surface area (Å²) in [6.07, 6.45) is 3.00. The molecule has 142 valence electrons. The van der Waals surface area contributed by atoms with Crippen molar-refractivity contribution in [2.75, 3.05) is 13.7 Å². The number of halogens is 1. The second-order valence-electron chi connectivity index (χ2n) is 7.51. The van der Waals surface area contributed by atoms with Gasteiger partial charge >= 0.3 is 0 Å². The minimum Gasteiger partial charge on any atom is -0.375 e. The minimum atomic E-state index is -0.493. The number of rotatable bonds is 7. The molecule has 0 spiro atoms. The number of methoxy groups -OCH3 is 1. The van der Waals surface area contributed by atoms with Gasteiger partial charge in [-0.2, -0.15) is 0 Å². The Bertz CT molecular complexity index is 804. The van der Waals surface area contributed by atoms with E-state index in [9.17, 15) is 9.18 Å². The first-order chi connectivity index (χ1) is 13.2. The van der Waals surface area contributed by atoms with Gasteiger partial charge in [0, 0.05) is 7.11 Å². The van der Waals surface area contributed by atoms with Crippen molar-refractivity contribution in [3.63, 3.8) is 0 Å². The Hall–Kier alpha value is -2.24. The summed E-state index contributed by atoms with van der Waals surface area (Å²) in [5, 5.41) is 6.53. The van der Waals surface area contributed by atoms with Crippen LogP contribution in [0.25, 0.3) is 0 Å². The van der Waals surface area contributed by atoms with Gasteiger partial charge < -0.3 is 15.4 Å². The van der Waals surface area contributed by atoms with Crippen LogP contribution in [0.15, 0.2) is 48.5 Å². The molecule has 0 aliphatic heterocycles. The number of benzene rings is 2. The molecule has 2 N–H and O–H groups in total. The van der Waals surface area contributed by atoms with E-state index in [0.29, 0.717) is 5.92 Å². The third-order valence-electron chi connectivity index (χ3n) is 5.52. The average molecular weight is 368 g/mol. The Balaban J connectivity index is 1.50. The smallest absolute Gasteiger partial charge is 0.242 e. The van der Waals surface area contributed by atoms with Crippen molar-refractivity contribution in [1.29, 1.82) is 0 Å². The van der Waals surface area contributed by atoms with E-state index < -0.39 is 6.04 Å². The third-order valence-corrected chi connectivity index (χ3v) is 5.52. The van der Waals surface area contributed by atoms with Gasteiger partial charge in [-0.3, -0.25) is 4.79 Å². The molecule has 27 heavy (non-hydrogen) atoms. The predicted molar refractivity (Wildman–Crippen MR) is 102 cm³/mol. The Morgan fingerprint density at radius 3 is 2.63 bits per heavy atom. The van der Waals surface area contributed by atoms with E-state index in [2.05, 4.69) is 22.8 Å². The number of amides is 1. The van der Waals surface area contributed by atoms with Crippen LogP contribution in [0.4, 0.5) is 4.39 Å². The normalized spacial score (nSPS) is 22.3. The molecule has 0 radical (unpaired) electrons. The van der Waals surface area contributed by atoms with Gasteiger partial charge in [-0.05, 0) is 60.5 Å². The monoisotopic (exact) mass is 368 g/mol. The molecular formula is C22H25FN2O2. The fourth-order valence-electron chi connectivity index (χ4n) is 3.87. The average Bonchev–Trinajstić information content (AvgIpc) is 3.43. The molecule has 4 rings (SSSR count). The number of hydrogen-bond acceptors (Lipinski definition) is 3. The maximum atomic E-state index is 13.3. The van der Waals surface area contributed by atoms with Crippen LogP contribution in [0, 0.1) is 11.7 Å². The maximum Gasteiger partial charge on any atom is 0.242 e. The van der Waals surface area contributed by atoms with E-state index in [4.69, 9.17) is 4.74 Å². The highest BCUT2D eigenvalue weighted by Gasteiger charge is 2.35. The summed E-state index contributed by atoms with van der Waals surface area (Å²) in [6, 6.07) is 13.7. The van der Waals surface area contributed by atoms with Gasteiger partial charge in [0.05, 0.1) is 6.04 Å². The first kappa shape index (κ1) is 18.1. The van der Waals surface area contributed by atoms with E-state index >= 15 is 0 Å². The van der Waals surface area contributed by atoms with Crippen LogP contribution in [0.1, 0.15) is 41.7 Å². The van der Waals surface area contributed by atoms with E-state index in [1.54, 1.807) is 19.2 Å². The molecule has 4 nitrogen and oxygen atoms in total. The van der Waals surface area contributed by atoms with Crippen LogP contribution in [0.5, 0.6) is 0 Å². The van der Waals surface area contributed by atoms with Gasteiger partial charge in [-0.15, -0.1) is 0 Å². The summed E-state index contributed by atoms with van der Waals surface area (Å²) in [5.41, 5.74) is 3.12. The summed E-state index contributed by atoms with van der Waals surface area (Å²) in [7, 11) is 1.68. The van der Waals surface area contributed by atoms with E-state index in [-0.39, 0.29) is 23.9 Å². The highest BCUT2D eigenvalue weighted by atomic mass is 19.1. The van der Waals surface area contributed by atoms with Gasteiger partial charge in [0.2, 0.25) is 5.91 Å². The van der Waals surface area contributed by atoms with Crippen molar-refractivity contribution in [2.24, 2.45) is 5.92 Å². The van der Waals surface area contributed by atoms with Gasteiger partial charge in [0.25, 0.3) is 0 Å². The van der Waals surface area contributed by atoms with Crippen molar-refractivity contribution in [3.8, 4) is 0 Å². The molecule has 2 aromatic carbocycles. The van der Waals surface area contributed by atoms with Crippen LogP contribution in [-0.4, -0.2) is 25.6 Å². The zero-order chi connectivity index (χ0) is 18.8. The van der Waals surface area contributed by atoms with E-state index in [0.717, 1.165) is 24.1 Å². The third kappa shape index (κ3) is 4.04. The van der Waals surface area contributed by atoms with Crippen molar-refractivity contribution in [2.45, 2.75) is 37.5 Å². The number of carbonyl (C=O) groups is 1. The molecule has 0 aromatic heterocycles. The second kappa shape index (κ2) is 7.79. The number of ether oxygens (including phenoxy) is 1. The lowest BCUT2D eigenvalue weighted by atomic mass is 10.0. The van der Waals surface area contributed by atoms with Gasteiger partial charge in [0.15, 0.2) is 0 Å². The summed E-state index contributed by atoms with van der Waals surface area (Å²) in [4.78, 5) is 13.1. The van der Waals surface area contributed by atoms with Gasteiger partial charge in [0.1, 0.15) is 18.0 Å². The minimum absolute atomic E-state index is 0.0953. The van der Waals surface area contributed by atoms with Crippen LogP contribution in [-0.2, 0) is 16.0 Å². The van der Waals surface area contributed by atoms with E-state index in [1.807, 2.05) is 12.1 Å². The van der Waals surface area contributed by atoms with Crippen LogP contribution < -0.4 is 10.6 Å². The molecule has 5 heteroatoms. The zero-order valence-corrected chi connectivity index (χ0v) is 15.5. The molecular weight excluding hydrogens is 343 g/mol. The summed E-state index contributed by atoms with van der Waals surface area (Å²) in [6.45, 7) is 0.800. The first-order valence-corrected chi connectivity index (χ1v) is 9.55. The Morgan fingerprint density at radius 2 is 1.93 bits per heavy atom. The predicted octanol–water partition coefficient (Wildman–Crippen LogP) is 3.30. The molecule has 0 unspecified atom stereocenters. The standard InChI is InChI=1S/C22H25FN2O2/c1-27-21-18-5-3-2-4-16(18)12-19(21)25-22(26)20(24-13-14-6-7-14)15-8-10-17(23)11-9-15/h2-5,8-11,14,19-21,24H,6-7,12-13H2,1H3,(H,25,26)/t19-,20-,21-/m0/s1. The Kier molecular flexibility index (Phi) is 5.23. The van der Waals surface area contributed by atoms with Gasteiger partial charge in [-0.1, -0.05) is 36.4 Å². The molecule has 2 aliphatic rings. The molecule has 0 bridgehead atoms. The van der Waals surface area contributed by atoms with Crippen molar-refractivity contribution < 1.29 is 13.9 Å². The lowest BCUT2D eigenvalue weighted by molar-refractivity contribution is -0.125. The lowest BCUT2D eigenvalue weighted by Gasteiger charge is -2.25. The fourth-order valence-corrected chi connectivity index (χ4v) is 3.87. The molecule has 1 fully saturated rings. The van der Waals surface area contributed by atoms with Crippen molar-refractivity contribution in [1.82, 2.24) is 10.6 Å². The van der Waals surface area contributed by atoms with Crippen LogP contribution in [0.2, 0.25) is 0 Å². The quantitative estimate of drug-likeness (QED) is 0.788. The number of nitrogens with one attached hydrogen (secondary N) is 2. The van der Waals surface area contributed by atoms with Crippen LogP contribution in [0.3, 0.4) is 0 Å².